The van der Waals surface area contributed by atoms with Crippen molar-refractivity contribution >= 4 is 17.4 Å². The van der Waals surface area contributed by atoms with E-state index in [1.54, 1.807) is 0 Å². The number of piperazine rings is 1. The Labute approximate surface area is 133 Å². The summed E-state index contributed by atoms with van der Waals surface area (Å²) in [4.78, 5) is 5.04. The fourth-order valence-electron chi connectivity index (χ4n) is 2.94. The molecule has 1 aliphatic rings. The van der Waals surface area contributed by atoms with Gasteiger partial charge in [0.15, 0.2) is 0 Å². The maximum Gasteiger partial charge on any atom is 0.0399 e. The van der Waals surface area contributed by atoms with Gasteiger partial charge in [0.2, 0.25) is 0 Å². The fraction of sp³-hybridized carbons (Fsp3) is 0.647. The minimum absolute atomic E-state index is 0.324. The summed E-state index contributed by atoms with van der Waals surface area (Å²) in [5.41, 5.74) is 10.4. The molecule has 0 aliphatic carbocycles. The molecule has 118 valence electrons. The molecule has 0 amide bonds. The lowest BCUT2D eigenvalue weighted by atomic mass is 10.1. The van der Waals surface area contributed by atoms with Gasteiger partial charge in [0, 0.05) is 44.5 Å². The monoisotopic (exact) mass is 307 g/mol. The molecule has 2 N–H and O–H groups in total. The Balaban J connectivity index is 1.84. The van der Waals surface area contributed by atoms with E-state index in [0.717, 1.165) is 39.1 Å². The summed E-state index contributed by atoms with van der Waals surface area (Å²) < 4.78 is 0. The number of aryl methyl sites for hydroxylation is 1. The zero-order valence-corrected chi connectivity index (χ0v) is 14.5. The van der Waals surface area contributed by atoms with Crippen molar-refractivity contribution in [3.8, 4) is 0 Å². The second-order valence-electron chi connectivity index (χ2n) is 6.05. The largest absolute Gasteiger partial charge is 0.369 e. The summed E-state index contributed by atoms with van der Waals surface area (Å²) in [5, 5.41) is 0. The number of hydrogen-bond donors (Lipinski definition) is 1. The Hall–Kier alpha value is -0.710. The van der Waals surface area contributed by atoms with Gasteiger partial charge in [-0.3, -0.25) is 4.90 Å². The number of benzene rings is 1. The summed E-state index contributed by atoms with van der Waals surface area (Å²) in [7, 11) is 0. The first-order valence-corrected chi connectivity index (χ1v) is 9.29. The smallest absolute Gasteiger partial charge is 0.0399 e. The Morgan fingerprint density at radius 2 is 1.90 bits per heavy atom. The maximum absolute atomic E-state index is 6.21. The molecule has 4 heteroatoms. The van der Waals surface area contributed by atoms with Crippen LogP contribution in [0.1, 0.15) is 17.5 Å². The van der Waals surface area contributed by atoms with Crippen LogP contribution in [0.25, 0.3) is 0 Å². The van der Waals surface area contributed by atoms with E-state index in [4.69, 9.17) is 5.73 Å². The van der Waals surface area contributed by atoms with Crippen molar-refractivity contribution in [1.82, 2.24) is 4.90 Å². The van der Waals surface area contributed by atoms with Crippen molar-refractivity contribution in [3.05, 3.63) is 29.3 Å². The molecule has 1 saturated heterocycles. The van der Waals surface area contributed by atoms with E-state index in [9.17, 15) is 0 Å². The first-order valence-electron chi connectivity index (χ1n) is 7.90. The van der Waals surface area contributed by atoms with E-state index in [0.29, 0.717) is 6.04 Å². The highest BCUT2D eigenvalue weighted by Gasteiger charge is 2.20. The Morgan fingerprint density at radius 1 is 1.19 bits per heavy atom. The van der Waals surface area contributed by atoms with E-state index in [2.05, 4.69) is 48.1 Å². The molecule has 1 aromatic rings. The molecule has 1 heterocycles. The number of anilines is 1. The normalized spacial score (nSPS) is 18.0. The molecule has 0 unspecified atom stereocenters. The second-order valence-corrected chi connectivity index (χ2v) is 7.03. The molecule has 1 fully saturated rings. The molecule has 1 aliphatic heterocycles. The van der Waals surface area contributed by atoms with Gasteiger partial charge in [-0.1, -0.05) is 12.1 Å². The summed E-state index contributed by atoms with van der Waals surface area (Å²) >= 11 is 1.89. The van der Waals surface area contributed by atoms with Gasteiger partial charge in [-0.25, -0.2) is 0 Å². The molecule has 0 radical (unpaired) electrons. The second kappa shape index (κ2) is 8.06. The van der Waals surface area contributed by atoms with Crippen molar-refractivity contribution in [2.45, 2.75) is 26.3 Å². The van der Waals surface area contributed by atoms with Crippen molar-refractivity contribution < 1.29 is 0 Å². The van der Waals surface area contributed by atoms with Crippen LogP contribution in [0.5, 0.6) is 0 Å². The molecule has 0 spiro atoms. The fourth-order valence-corrected chi connectivity index (χ4v) is 3.48. The minimum atomic E-state index is 0.324. The van der Waals surface area contributed by atoms with Crippen LogP contribution in [0, 0.1) is 13.8 Å². The van der Waals surface area contributed by atoms with Crippen molar-refractivity contribution in [2.24, 2.45) is 5.73 Å². The minimum Gasteiger partial charge on any atom is -0.369 e. The average Bonchev–Trinajstić information content (AvgIpc) is 2.49. The quantitative estimate of drug-likeness (QED) is 0.875. The van der Waals surface area contributed by atoms with Crippen LogP contribution in [-0.4, -0.2) is 55.7 Å². The Bertz CT molecular complexity index is 442. The third-order valence-corrected chi connectivity index (χ3v) is 5.12. The highest BCUT2D eigenvalue weighted by Crippen LogP contribution is 2.23. The highest BCUT2D eigenvalue weighted by molar-refractivity contribution is 7.98. The molecule has 3 nitrogen and oxygen atoms in total. The van der Waals surface area contributed by atoms with Gasteiger partial charge in [0.25, 0.3) is 0 Å². The molecule has 1 atom stereocenters. The molecule has 1 aromatic carbocycles. The van der Waals surface area contributed by atoms with E-state index in [1.807, 2.05) is 11.8 Å². The van der Waals surface area contributed by atoms with Gasteiger partial charge in [-0.15, -0.1) is 0 Å². The zero-order valence-electron chi connectivity index (χ0n) is 13.6. The topological polar surface area (TPSA) is 32.5 Å². The van der Waals surface area contributed by atoms with E-state index in [-0.39, 0.29) is 0 Å². The highest BCUT2D eigenvalue weighted by atomic mass is 32.2. The van der Waals surface area contributed by atoms with Crippen LogP contribution in [0.15, 0.2) is 18.2 Å². The van der Waals surface area contributed by atoms with Crippen molar-refractivity contribution in [2.75, 3.05) is 49.6 Å². The molecular formula is C17H29N3S. The Kier molecular flexibility index (Phi) is 6.40. The molecule has 2 rings (SSSR count). The van der Waals surface area contributed by atoms with Gasteiger partial charge in [-0.05, 0) is 49.5 Å². The predicted octanol–water partition coefficient (Wildman–Crippen LogP) is 2.51. The summed E-state index contributed by atoms with van der Waals surface area (Å²) in [5.74, 6) is 1.17. The number of hydrogen-bond acceptors (Lipinski definition) is 4. The van der Waals surface area contributed by atoms with Gasteiger partial charge in [0.1, 0.15) is 0 Å². The van der Waals surface area contributed by atoms with Gasteiger partial charge in [0.05, 0.1) is 0 Å². The van der Waals surface area contributed by atoms with Gasteiger partial charge < -0.3 is 10.6 Å². The molecular weight excluding hydrogens is 278 g/mol. The van der Waals surface area contributed by atoms with Crippen molar-refractivity contribution in [1.29, 1.82) is 0 Å². The Morgan fingerprint density at radius 3 is 2.57 bits per heavy atom. The molecule has 0 saturated carbocycles. The van der Waals surface area contributed by atoms with E-state index in [1.165, 1.54) is 22.6 Å². The SMILES string of the molecule is CSCC[C@H](N)CN1CCN(c2cccc(C)c2C)CC1. The zero-order chi connectivity index (χ0) is 15.2. The molecule has 0 aromatic heterocycles. The van der Waals surface area contributed by atoms with Gasteiger partial charge >= 0.3 is 0 Å². The maximum atomic E-state index is 6.21. The number of rotatable bonds is 6. The van der Waals surface area contributed by atoms with Crippen LogP contribution < -0.4 is 10.6 Å². The predicted molar refractivity (Wildman–Crippen MR) is 95.5 cm³/mol. The third kappa shape index (κ3) is 4.63. The van der Waals surface area contributed by atoms with E-state index < -0.39 is 0 Å². The first-order chi connectivity index (χ1) is 10.1. The van der Waals surface area contributed by atoms with Crippen LogP contribution >= 0.6 is 11.8 Å². The lowest BCUT2D eigenvalue weighted by Gasteiger charge is -2.38. The summed E-state index contributed by atoms with van der Waals surface area (Å²) in [6.07, 6.45) is 3.27. The van der Waals surface area contributed by atoms with Crippen molar-refractivity contribution in [3.63, 3.8) is 0 Å². The van der Waals surface area contributed by atoms with Crippen LogP contribution in [-0.2, 0) is 0 Å². The summed E-state index contributed by atoms with van der Waals surface area (Å²) in [6.45, 7) is 9.94. The number of nitrogens with zero attached hydrogens (tertiary/aromatic N) is 2. The summed E-state index contributed by atoms with van der Waals surface area (Å²) in [6, 6.07) is 6.94. The number of nitrogens with two attached hydrogens (primary N) is 1. The van der Waals surface area contributed by atoms with Crippen LogP contribution in [0.3, 0.4) is 0 Å². The standard InChI is InChI=1S/C17H29N3S/c1-14-5-4-6-17(15(14)2)20-10-8-19(9-11-20)13-16(18)7-12-21-3/h4-6,16H,7-13,18H2,1-3H3/t16-/m0/s1. The molecule has 21 heavy (non-hydrogen) atoms. The first kappa shape index (κ1) is 16.7. The van der Waals surface area contributed by atoms with E-state index >= 15 is 0 Å². The van der Waals surface area contributed by atoms with Crippen LogP contribution in [0.2, 0.25) is 0 Å². The molecule has 0 bridgehead atoms. The number of thioether (sulfide) groups is 1. The van der Waals surface area contributed by atoms with Crippen LogP contribution in [0.4, 0.5) is 5.69 Å². The van der Waals surface area contributed by atoms with Gasteiger partial charge in [-0.2, -0.15) is 11.8 Å². The third-order valence-electron chi connectivity index (χ3n) is 4.47. The lowest BCUT2D eigenvalue weighted by Crippen LogP contribution is -2.50. The lowest BCUT2D eigenvalue weighted by molar-refractivity contribution is 0.241. The average molecular weight is 308 g/mol.